The summed E-state index contributed by atoms with van der Waals surface area (Å²) in [7, 11) is 0. The molecule has 0 aromatic carbocycles. The van der Waals surface area contributed by atoms with Crippen LogP contribution in [-0.4, -0.2) is 15.0 Å². The van der Waals surface area contributed by atoms with Crippen LogP contribution in [0.3, 0.4) is 0 Å². The first-order valence-corrected chi connectivity index (χ1v) is 4.25. The zero-order valence-electron chi connectivity index (χ0n) is 7.75. The van der Waals surface area contributed by atoms with Crippen molar-refractivity contribution in [3.8, 4) is 0 Å². The van der Waals surface area contributed by atoms with E-state index in [1.807, 2.05) is 17.8 Å². The number of hydrogen-bond donors (Lipinski definition) is 0. The molecule has 0 aliphatic heterocycles. The van der Waals surface area contributed by atoms with Gasteiger partial charge in [0, 0.05) is 12.7 Å². The van der Waals surface area contributed by atoms with Crippen molar-refractivity contribution >= 4 is 0 Å². The lowest BCUT2D eigenvalue weighted by Gasteiger charge is -1.93. The van der Waals surface area contributed by atoms with Gasteiger partial charge in [-0.2, -0.15) is 0 Å². The molecule has 0 amide bonds. The van der Waals surface area contributed by atoms with E-state index in [2.05, 4.69) is 23.8 Å². The van der Waals surface area contributed by atoms with Crippen molar-refractivity contribution in [3.05, 3.63) is 24.0 Å². The Kier molecular flexibility index (Phi) is 3.02. The molecule has 0 fully saturated rings. The zero-order valence-corrected chi connectivity index (χ0v) is 7.75. The number of allylic oxidation sites excluding steroid dienone is 1. The van der Waals surface area contributed by atoms with E-state index in [9.17, 15) is 0 Å². The third-order valence-corrected chi connectivity index (χ3v) is 1.72. The first-order chi connectivity index (χ1) is 5.72. The van der Waals surface area contributed by atoms with Gasteiger partial charge in [-0.25, -0.2) is 0 Å². The highest BCUT2D eigenvalue weighted by atomic mass is 15.4. The van der Waals surface area contributed by atoms with Crippen molar-refractivity contribution in [1.82, 2.24) is 15.0 Å². The first-order valence-electron chi connectivity index (χ1n) is 4.25. The standard InChI is InChI=1S/C9H15N3/c1-4-12-7-9(10-11-12)6-5-8(2)3/h7H,2,4-6H2,1,3H3. The number of aromatic nitrogens is 3. The van der Waals surface area contributed by atoms with E-state index >= 15 is 0 Å². The van der Waals surface area contributed by atoms with Crippen molar-refractivity contribution in [3.63, 3.8) is 0 Å². The molecule has 66 valence electrons. The zero-order chi connectivity index (χ0) is 8.97. The fourth-order valence-corrected chi connectivity index (χ4v) is 0.949. The van der Waals surface area contributed by atoms with E-state index in [1.54, 1.807) is 0 Å². The Morgan fingerprint density at radius 1 is 1.67 bits per heavy atom. The molecule has 1 heterocycles. The van der Waals surface area contributed by atoms with Crippen LogP contribution in [0.25, 0.3) is 0 Å². The molecule has 12 heavy (non-hydrogen) atoms. The molecular formula is C9H15N3. The summed E-state index contributed by atoms with van der Waals surface area (Å²) in [6.07, 6.45) is 3.95. The molecule has 0 aliphatic rings. The van der Waals surface area contributed by atoms with Gasteiger partial charge in [0.25, 0.3) is 0 Å². The molecule has 0 spiro atoms. The predicted octanol–water partition coefficient (Wildman–Crippen LogP) is 1.81. The van der Waals surface area contributed by atoms with Gasteiger partial charge in [0.05, 0.1) is 5.69 Å². The van der Waals surface area contributed by atoms with Gasteiger partial charge in [0.1, 0.15) is 0 Å². The lowest BCUT2D eigenvalue weighted by atomic mass is 10.1. The summed E-state index contributed by atoms with van der Waals surface area (Å²) in [5.74, 6) is 0. The number of aryl methyl sites for hydroxylation is 2. The Hall–Kier alpha value is -1.12. The van der Waals surface area contributed by atoms with Crippen LogP contribution in [0.4, 0.5) is 0 Å². The Morgan fingerprint density at radius 2 is 2.42 bits per heavy atom. The second-order valence-electron chi connectivity index (χ2n) is 3.02. The van der Waals surface area contributed by atoms with Crippen LogP contribution in [0.15, 0.2) is 18.3 Å². The molecule has 1 aromatic heterocycles. The third kappa shape index (κ3) is 2.49. The third-order valence-electron chi connectivity index (χ3n) is 1.72. The number of nitrogens with zero attached hydrogens (tertiary/aromatic N) is 3. The minimum absolute atomic E-state index is 0.889. The lowest BCUT2D eigenvalue weighted by molar-refractivity contribution is 0.626. The molecule has 0 unspecified atom stereocenters. The molecule has 3 nitrogen and oxygen atoms in total. The smallest absolute Gasteiger partial charge is 0.0830 e. The Balaban J connectivity index is 2.47. The highest BCUT2D eigenvalue weighted by Gasteiger charge is 1.98. The maximum atomic E-state index is 4.03. The van der Waals surface area contributed by atoms with Crippen LogP contribution in [0.1, 0.15) is 26.0 Å². The van der Waals surface area contributed by atoms with Crippen LogP contribution < -0.4 is 0 Å². The minimum Gasteiger partial charge on any atom is -0.253 e. The van der Waals surface area contributed by atoms with E-state index in [0.717, 1.165) is 25.1 Å². The maximum Gasteiger partial charge on any atom is 0.0830 e. The van der Waals surface area contributed by atoms with Gasteiger partial charge < -0.3 is 0 Å². The Morgan fingerprint density at radius 3 is 2.92 bits per heavy atom. The molecule has 0 N–H and O–H groups in total. The van der Waals surface area contributed by atoms with Gasteiger partial charge in [-0.05, 0) is 26.7 Å². The summed E-state index contributed by atoms with van der Waals surface area (Å²) in [5, 5.41) is 7.98. The molecule has 0 saturated carbocycles. The molecule has 0 aliphatic carbocycles. The van der Waals surface area contributed by atoms with Crippen molar-refractivity contribution in [2.45, 2.75) is 33.2 Å². The molecule has 3 heteroatoms. The molecule has 0 radical (unpaired) electrons. The monoisotopic (exact) mass is 165 g/mol. The van der Waals surface area contributed by atoms with Gasteiger partial charge in [-0.1, -0.05) is 10.8 Å². The average Bonchev–Trinajstić information content (AvgIpc) is 2.48. The Bertz CT molecular complexity index is 262. The molecule has 0 saturated heterocycles. The molecule has 1 aromatic rings. The van der Waals surface area contributed by atoms with Crippen molar-refractivity contribution in [1.29, 1.82) is 0 Å². The summed E-state index contributed by atoms with van der Waals surface area (Å²) >= 11 is 0. The maximum absolute atomic E-state index is 4.03. The number of hydrogen-bond acceptors (Lipinski definition) is 2. The van der Waals surface area contributed by atoms with E-state index in [4.69, 9.17) is 0 Å². The average molecular weight is 165 g/mol. The largest absolute Gasteiger partial charge is 0.253 e. The van der Waals surface area contributed by atoms with E-state index < -0.39 is 0 Å². The predicted molar refractivity (Wildman–Crippen MR) is 48.8 cm³/mol. The van der Waals surface area contributed by atoms with Gasteiger partial charge >= 0.3 is 0 Å². The molecule has 1 rings (SSSR count). The van der Waals surface area contributed by atoms with Crippen molar-refractivity contribution in [2.24, 2.45) is 0 Å². The summed E-state index contributed by atoms with van der Waals surface area (Å²) in [4.78, 5) is 0. The topological polar surface area (TPSA) is 30.7 Å². The second-order valence-corrected chi connectivity index (χ2v) is 3.02. The van der Waals surface area contributed by atoms with E-state index in [-0.39, 0.29) is 0 Å². The van der Waals surface area contributed by atoms with Gasteiger partial charge in [0.15, 0.2) is 0 Å². The quantitative estimate of drug-likeness (QED) is 0.637. The fraction of sp³-hybridized carbons (Fsp3) is 0.556. The van der Waals surface area contributed by atoms with Crippen molar-refractivity contribution in [2.75, 3.05) is 0 Å². The summed E-state index contributed by atoms with van der Waals surface area (Å²) in [6.45, 7) is 8.82. The van der Waals surface area contributed by atoms with Gasteiger partial charge in [0.2, 0.25) is 0 Å². The van der Waals surface area contributed by atoms with Crippen LogP contribution in [0, 0.1) is 0 Å². The van der Waals surface area contributed by atoms with Crippen molar-refractivity contribution < 1.29 is 0 Å². The SMILES string of the molecule is C=C(C)CCc1cn(CC)nn1. The lowest BCUT2D eigenvalue weighted by Crippen LogP contribution is -1.93. The normalized spacial score (nSPS) is 10.2. The summed E-state index contributed by atoms with van der Waals surface area (Å²) in [6, 6.07) is 0. The molecule has 0 bridgehead atoms. The van der Waals surface area contributed by atoms with Crippen LogP contribution in [0.2, 0.25) is 0 Å². The van der Waals surface area contributed by atoms with Crippen LogP contribution >= 0.6 is 0 Å². The highest BCUT2D eigenvalue weighted by molar-refractivity contribution is 4.98. The highest BCUT2D eigenvalue weighted by Crippen LogP contribution is 2.03. The minimum atomic E-state index is 0.889. The van der Waals surface area contributed by atoms with Gasteiger partial charge in [-0.15, -0.1) is 11.7 Å². The van der Waals surface area contributed by atoms with E-state index in [1.165, 1.54) is 5.57 Å². The Labute approximate surface area is 73.1 Å². The second kappa shape index (κ2) is 4.04. The fourth-order valence-electron chi connectivity index (χ4n) is 0.949. The number of rotatable bonds is 4. The summed E-state index contributed by atoms with van der Waals surface area (Å²) < 4.78 is 1.84. The first kappa shape index (κ1) is 8.97. The van der Waals surface area contributed by atoms with Gasteiger partial charge in [-0.3, -0.25) is 4.68 Å². The van der Waals surface area contributed by atoms with Crippen LogP contribution in [-0.2, 0) is 13.0 Å². The summed E-state index contributed by atoms with van der Waals surface area (Å²) in [5.41, 5.74) is 2.25. The van der Waals surface area contributed by atoms with E-state index in [0.29, 0.717) is 0 Å². The molecular weight excluding hydrogens is 150 g/mol. The van der Waals surface area contributed by atoms with Crippen LogP contribution in [0.5, 0.6) is 0 Å². The molecule has 0 atom stereocenters.